The van der Waals surface area contributed by atoms with Crippen LogP contribution in [-0.2, 0) is 27.9 Å². The van der Waals surface area contributed by atoms with Crippen LogP contribution in [0.2, 0.25) is 0 Å². The van der Waals surface area contributed by atoms with Crippen LogP contribution >= 0.6 is 20.0 Å². The molecule has 18 heteroatoms. The van der Waals surface area contributed by atoms with E-state index in [0.29, 0.717) is 6.42 Å². The summed E-state index contributed by atoms with van der Waals surface area (Å²) in [4.78, 5) is 35.6. The largest absolute Gasteiger partial charge is 0.472 e. The maximum absolute atomic E-state index is 12.9. The number of aliphatic hydroxyl groups is 2. The standard InChI is InChI=1S/C30H53F3N3O10PS/c1-4-5-6-7-8-9-10-11-12-13-14-15-18-43-20-23(34-26(39)30(31,32)33)21-44-47(41,42)45-22-24(19-37)46-27(29(2,3)40)36-17-16-25(38)35-28(36)48/h16-17,23-24,27,37,40H,4-15,18-22H2,1-3H3,(H,34,39)(H,41,42)(H,35,38,48)/t23-,24+,27-/m1/s1. The summed E-state index contributed by atoms with van der Waals surface area (Å²) in [5.41, 5.74) is -2.15. The number of nitrogens with zero attached hydrogens (tertiary/aromatic N) is 1. The predicted molar refractivity (Wildman–Crippen MR) is 175 cm³/mol. The predicted octanol–water partition coefficient (Wildman–Crippen LogP) is 5.45. The molecule has 0 aliphatic carbocycles. The number of phosphoric acid groups is 1. The zero-order chi connectivity index (χ0) is 36.2. The van der Waals surface area contributed by atoms with Crippen molar-refractivity contribution in [3.05, 3.63) is 27.4 Å². The molecule has 1 rings (SSSR count). The maximum Gasteiger partial charge on any atom is 0.472 e. The molecule has 0 fully saturated rings. The third-order valence-electron chi connectivity index (χ3n) is 7.15. The number of rotatable bonds is 27. The summed E-state index contributed by atoms with van der Waals surface area (Å²) in [5.74, 6) is -2.27. The van der Waals surface area contributed by atoms with Gasteiger partial charge in [-0.3, -0.25) is 28.2 Å². The molecule has 0 radical (unpaired) electrons. The lowest BCUT2D eigenvalue weighted by Gasteiger charge is -2.34. The van der Waals surface area contributed by atoms with Gasteiger partial charge in [0.2, 0.25) is 0 Å². The number of halogens is 3. The lowest BCUT2D eigenvalue weighted by molar-refractivity contribution is -0.175. The number of H-pyrrole nitrogens is 1. The summed E-state index contributed by atoms with van der Waals surface area (Å²) < 4.78 is 73.1. The van der Waals surface area contributed by atoms with Crippen LogP contribution < -0.4 is 10.9 Å². The average Bonchev–Trinajstić information content (AvgIpc) is 2.99. The molecule has 280 valence electrons. The highest BCUT2D eigenvalue weighted by molar-refractivity contribution is 7.71. The van der Waals surface area contributed by atoms with Crippen LogP contribution in [0.3, 0.4) is 0 Å². The number of nitrogens with one attached hydrogen (secondary N) is 2. The van der Waals surface area contributed by atoms with E-state index in [-0.39, 0.29) is 11.4 Å². The van der Waals surface area contributed by atoms with E-state index in [1.165, 1.54) is 69.6 Å². The number of hydrogen-bond acceptors (Lipinski definition) is 10. The lowest BCUT2D eigenvalue weighted by atomic mass is 10.1. The van der Waals surface area contributed by atoms with E-state index < -0.39 is 75.9 Å². The molecule has 5 N–H and O–H groups in total. The van der Waals surface area contributed by atoms with Crippen molar-refractivity contribution in [2.24, 2.45) is 0 Å². The summed E-state index contributed by atoms with van der Waals surface area (Å²) in [5, 5.41) is 22.1. The quantitative estimate of drug-likeness (QED) is 0.0440. The molecule has 0 aromatic carbocycles. The Morgan fingerprint density at radius 2 is 1.54 bits per heavy atom. The zero-order valence-corrected chi connectivity index (χ0v) is 29.8. The van der Waals surface area contributed by atoms with Gasteiger partial charge >= 0.3 is 19.9 Å². The van der Waals surface area contributed by atoms with Crippen molar-refractivity contribution in [3.63, 3.8) is 0 Å². The fraction of sp³-hybridized carbons (Fsp3) is 0.833. The normalized spacial score (nSPS) is 15.5. The van der Waals surface area contributed by atoms with E-state index >= 15 is 0 Å². The topological polar surface area (TPSA) is 182 Å². The van der Waals surface area contributed by atoms with Gasteiger partial charge < -0.3 is 29.9 Å². The molecule has 0 aliphatic heterocycles. The van der Waals surface area contributed by atoms with Gasteiger partial charge in [-0.1, -0.05) is 77.6 Å². The third-order valence-corrected chi connectivity index (χ3v) is 8.41. The number of phosphoric ester groups is 1. The van der Waals surface area contributed by atoms with Crippen LogP contribution in [0.25, 0.3) is 0 Å². The summed E-state index contributed by atoms with van der Waals surface area (Å²) >= 11 is 5.10. The van der Waals surface area contributed by atoms with Gasteiger partial charge in [0.15, 0.2) is 11.0 Å². The second-order valence-electron chi connectivity index (χ2n) is 12.2. The highest BCUT2D eigenvalue weighted by Crippen LogP contribution is 2.43. The van der Waals surface area contributed by atoms with Crippen LogP contribution in [0.5, 0.6) is 0 Å². The molecule has 0 spiro atoms. The van der Waals surface area contributed by atoms with Crippen molar-refractivity contribution in [2.75, 3.05) is 33.0 Å². The second kappa shape index (κ2) is 22.9. The Morgan fingerprint density at radius 1 is 1.00 bits per heavy atom. The van der Waals surface area contributed by atoms with Crippen molar-refractivity contribution in [2.45, 2.75) is 128 Å². The Hall–Kier alpha value is -1.69. The fourth-order valence-electron chi connectivity index (χ4n) is 4.57. The van der Waals surface area contributed by atoms with E-state index in [0.717, 1.165) is 31.7 Å². The number of amides is 1. The van der Waals surface area contributed by atoms with Crippen LogP contribution in [-0.4, -0.2) is 87.5 Å². The molecule has 48 heavy (non-hydrogen) atoms. The maximum atomic E-state index is 12.9. The Bertz CT molecular complexity index is 1210. The molecule has 0 bridgehead atoms. The van der Waals surface area contributed by atoms with Crippen molar-refractivity contribution >= 4 is 25.9 Å². The Labute approximate surface area is 285 Å². The minimum Gasteiger partial charge on any atom is -0.394 e. The minimum atomic E-state index is -5.20. The van der Waals surface area contributed by atoms with Gasteiger partial charge in [0.25, 0.3) is 5.56 Å². The van der Waals surface area contributed by atoms with E-state index in [1.807, 2.05) is 0 Å². The van der Waals surface area contributed by atoms with Gasteiger partial charge in [0, 0.05) is 18.9 Å². The van der Waals surface area contributed by atoms with Gasteiger partial charge in [-0.2, -0.15) is 13.2 Å². The molecule has 1 amide bonds. The van der Waals surface area contributed by atoms with Crippen molar-refractivity contribution in [1.82, 2.24) is 14.9 Å². The number of ether oxygens (including phenoxy) is 2. The molecule has 1 aromatic heterocycles. The molecular weight excluding hydrogens is 682 g/mol. The lowest BCUT2D eigenvalue weighted by Crippen LogP contribution is -2.47. The smallest absolute Gasteiger partial charge is 0.394 e. The van der Waals surface area contributed by atoms with Crippen LogP contribution in [0, 0.1) is 4.77 Å². The summed E-state index contributed by atoms with van der Waals surface area (Å²) in [6.45, 7) is 2.31. The van der Waals surface area contributed by atoms with Crippen LogP contribution in [0.4, 0.5) is 13.2 Å². The second-order valence-corrected chi connectivity index (χ2v) is 14.0. The number of aliphatic hydroxyl groups excluding tert-OH is 1. The first-order valence-electron chi connectivity index (χ1n) is 16.4. The fourth-order valence-corrected chi connectivity index (χ4v) is 5.62. The highest BCUT2D eigenvalue weighted by atomic mass is 32.1. The van der Waals surface area contributed by atoms with Gasteiger partial charge in [0.1, 0.15) is 11.7 Å². The number of alkyl halides is 3. The van der Waals surface area contributed by atoms with E-state index in [9.17, 15) is 42.4 Å². The van der Waals surface area contributed by atoms with Crippen molar-refractivity contribution < 1.29 is 56.2 Å². The summed E-state index contributed by atoms with van der Waals surface area (Å²) in [7, 11) is -4.96. The van der Waals surface area contributed by atoms with Gasteiger partial charge in [0.05, 0.1) is 32.5 Å². The minimum absolute atomic E-state index is 0.114. The Balaban J connectivity index is 2.59. The Kier molecular flexibility index (Phi) is 21.2. The molecule has 0 aliphatic rings. The van der Waals surface area contributed by atoms with Gasteiger partial charge in [-0.25, -0.2) is 4.57 Å². The van der Waals surface area contributed by atoms with E-state index in [1.54, 1.807) is 5.32 Å². The molecule has 1 heterocycles. The number of aromatic nitrogens is 2. The van der Waals surface area contributed by atoms with Crippen molar-refractivity contribution in [1.29, 1.82) is 0 Å². The number of aromatic amines is 1. The summed E-state index contributed by atoms with van der Waals surface area (Å²) in [6, 6.07) is -0.318. The number of carbonyl (C=O) groups excluding carboxylic acids is 1. The molecule has 4 atom stereocenters. The van der Waals surface area contributed by atoms with Crippen LogP contribution in [0.15, 0.2) is 17.1 Å². The van der Waals surface area contributed by atoms with E-state index in [2.05, 4.69) is 11.9 Å². The Morgan fingerprint density at radius 3 is 2.04 bits per heavy atom. The monoisotopic (exact) mass is 735 g/mol. The first kappa shape index (κ1) is 44.3. The first-order valence-corrected chi connectivity index (χ1v) is 18.3. The number of hydrogen-bond donors (Lipinski definition) is 5. The zero-order valence-electron chi connectivity index (χ0n) is 28.0. The molecule has 0 saturated carbocycles. The van der Waals surface area contributed by atoms with Crippen LogP contribution in [0.1, 0.15) is 104 Å². The SMILES string of the molecule is CCCCCCCCCCCCCCOC[C@H](COP(=O)(O)OC[C@H](CO)O[C@@H](n1ccc(=O)[nH]c1=S)C(C)(C)O)NC(=O)C(F)(F)F. The van der Waals surface area contributed by atoms with Gasteiger partial charge in [-0.15, -0.1) is 0 Å². The average molecular weight is 736 g/mol. The highest BCUT2D eigenvalue weighted by Gasteiger charge is 2.40. The number of unbranched alkanes of at least 4 members (excludes halogenated alkanes) is 11. The molecule has 1 aromatic rings. The molecule has 1 unspecified atom stereocenters. The van der Waals surface area contributed by atoms with Crippen molar-refractivity contribution in [3.8, 4) is 0 Å². The summed E-state index contributed by atoms with van der Waals surface area (Å²) in [6.07, 6.45) is 6.93. The third kappa shape index (κ3) is 19.5. The number of carbonyl (C=O) groups is 1. The van der Waals surface area contributed by atoms with E-state index in [4.69, 9.17) is 30.7 Å². The first-order chi connectivity index (χ1) is 22.5. The molecule has 13 nitrogen and oxygen atoms in total. The molecular formula is C30H53F3N3O10PS. The van der Waals surface area contributed by atoms with Gasteiger partial charge in [-0.05, 0) is 32.5 Å². The molecule has 0 saturated heterocycles.